The quantitative estimate of drug-likeness (QED) is 0.476. The number of hydrogen-bond acceptors (Lipinski definition) is 7. The normalized spacial score (nSPS) is 13.9. The molecule has 1 aromatic carbocycles. The zero-order valence-electron chi connectivity index (χ0n) is 10.6. The lowest BCUT2D eigenvalue weighted by molar-refractivity contribution is -0.384. The Labute approximate surface area is 114 Å². The van der Waals surface area contributed by atoms with Gasteiger partial charge in [0.25, 0.3) is 5.69 Å². The Balaban J connectivity index is 1.94. The zero-order chi connectivity index (χ0) is 14.1. The summed E-state index contributed by atoms with van der Waals surface area (Å²) >= 11 is 0. The maximum absolute atomic E-state index is 11.0. The van der Waals surface area contributed by atoms with Gasteiger partial charge in [0.2, 0.25) is 0 Å². The molecule has 1 aliphatic rings. The number of nitrogens with zero attached hydrogens (tertiary/aromatic N) is 5. The van der Waals surface area contributed by atoms with Crippen molar-refractivity contribution in [2.75, 3.05) is 16.9 Å². The molecule has 2 aromatic rings. The van der Waals surface area contributed by atoms with Crippen LogP contribution in [0.5, 0.6) is 0 Å². The molecule has 0 aliphatic carbocycles. The first kappa shape index (κ1) is 12.4. The number of fused-ring (bicyclic) bond motifs is 1. The molecule has 0 bridgehead atoms. The highest BCUT2D eigenvalue weighted by Gasteiger charge is 2.20. The maximum atomic E-state index is 11.0. The summed E-state index contributed by atoms with van der Waals surface area (Å²) in [6.07, 6.45) is 1.69. The third-order valence-corrected chi connectivity index (χ3v) is 3.28. The van der Waals surface area contributed by atoms with Crippen LogP contribution in [0.3, 0.4) is 0 Å². The molecule has 0 unspecified atom stereocenters. The lowest BCUT2D eigenvalue weighted by Crippen LogP contribution is -2.33. The number of hydrazine groups is 1. The van der Waals surface area contributed by atoms with Crippen molar-refractivity contribution in [2.45, 2.75) is 13.1 Å². The molecule has 3 rings (SSSR count). The number of aromatic nitrogens is 3. The molecule has 20 heavy (non-hydrogen) atoms. The fourth-order valence-electron chi connectivity index (χ4n) is 2.25. The monoisotopic (exact) mass is 275 g/mol. The fourth-order valence-corrected chi connectivity index (χ4v) is 2.25. The average Bonchev–Trinajstić information content (AvgIpc) is 2.94. The highest BCUT2D eigenvalue weighted by Crippen LogP contribution is 2.28. The molecule has 0 atom stereocenters. The van der Waals surface area contributed by atoms with Gasteiger partial charge < -0.3 is 14.9 Å². The second-order valence-corrected chi connectivity index (χ2v) is 4.50. The number of nitrogen functional groups attached to an aromatic ring is 1. The van der Waals surface area contributed by atoms with E-state index in [2.05, 4.69) is 15.6 Å². The summed E-state index contributed by atoms with van der Waals surface area (Å²) in [6, 6.07) is 4.71. The fraction of sp³-hybridized carbons (Fsp3) is 0.273. The van der Waals surface area contributed by atoms with Gasteiger partial charge in [-0.05, 0) is 6.07 Å². The van der Waals surface area contributed by atoms with Crippen molar-refractivity contribution in [3.63, 3.8) is 0 Å². The first-order chi connectivity index (χ1) is 9.67. The highest BCUT2D eigenvalue weighted by molar-refractivity contribution is 5.64. The van der Waals surface area contributed by atoms with Gasteiger partial charge in [0, 0.05) is 30.9 Å². The number of anilines is 2. The van der Waals surface area contributed by atoms with Crippen LogP contribution in [0.25, 0.3) is 0 Å². The Morgan fingerprint density at radius 2 is 2.20 bits per heavy atom. The zero-order valence-corrected chi connectivity index (χ0v) is 10.6. The van der Waals surface area contributed by atoms with Crippen LogP contribution in [0.2, 0.25) is 0 Å². The number of rotatable bonds is 3. The van der Waals surface area contributed by atoms with Crippen LogP contribution in [-0.4, -0.2) is 26.2 Å². The SMILES string of the molecule is NNc1cc(N2CCn3cnnc3C2)cc([N+](=O)[O-])c1. The van der Waals surface area contributed by atoms with Gasteiger partial charge in [-0.25, -0.2) is 0 Å². The van der Waals surface area contributed by atoms with E-state index in [9.17, 15) is 10.1 Å². The van der Waals surface area contributed by atoms with E-state index in [4.69, 9.17) is 5.84 Å². The van der Waals surface area contributed by atoms with E-state index in [1.54, 1.807) is 12.4 Å². The topological polar surface area (TPSA) is 115 Å². The Hall–Kier alpha value is -2.68. The lowest BCUT2D eigenvalue weighted by Gasteiger charge is -2.29. The van der Waals surface area contributed by atoms with Gasteiger partial charge in [-0.15, -0.1) is 10.2 Å². The Morgan fingerprint density at radius 1 is 1.35 bits per heavy atom. The molecule has 0 saturated carbocycles. The summed E-state index contributed by atoms with van der Waals surface area (Å²) in [7, 11) is 0. The Bertz CT molecular complexity index is 654. The van der Waals surface area contributed by atoms with Crippen molar-refractivity contribution in [2.24, 2.45) is 5.84 Å². The van der Waals surface area contributed by atoms with Crippen molar-refractivity contribution in [3.8, 4) is 0 Å². The summed E-state index contributed by atoms with van der Waals surface area (Å²) in [6.45, 7) is 2.04. The predicted molar refractivity (Wildman–Crippen MR) is 72.0 cm³/mol. The van der Waals surface area contributed by atoms with Crippen LogP contribution >= 0.6 is 0 Å². The predicted octanol–water partition coefficient (Wildman–Crippen LogP) is 0.492. The summed E-state index contributed by atoms with van der Waals surface area (Å²) < 4.78 is 1.97. The van der Waals surface area contributed by atoms with Crippen molar-refractivity contribution >= 4 is 17.1 Å². The van der Waals surface area contributed by atoms with Gasteiger partial charge >= 0.3 is 0 Å². The standard InChI is InChI=1S/C11H13N7O2/c12-14-8-3-9(5-10(4-8)18(19)20)16-1-2-17-7-13-15-11(17)6-16/h3-5,7,14H,1-2,6,12H2. The van der Waals surface area contributed by atoms with Gasteiger partial charge in [0.05, 0.1) is 17.2 Å². The lowest BCUT2D eigenvalue weighted by atomic mass is 10.2. The number of nitrogens with one attached hydrogen (secondary N) is 1. The van der Waals surface area contributed by atoms with E-state index < -0.39 is 4.92 Å². The molecule has 1 aromatic heterocycles. The third kappa shape index (κ3) is 2.14. The van der Waals surface area contributed by atoms with Crippen LogP contribution in [0.15, 0.2) is 24.5 Å². The molecule has 9 nitrogen and oxygen atoms in total. The number of hydrogen-bond donors (Lipinski definition) is 2. The van der Waals surface area contributed by atoms with Crippen LogP contribution < -0.4 is 16.2 Å². The molecule has 0 saturated heterocycles. The van der Waals surface area contributed by atoms with E-state index in [1.165, 1.54) is 12.1 Å². The second-order valence-electron chi connectivity index (χ2n) is 4.50. The van der Waals surface area contributed by atoms with Gasteiger partial charge in [-0.2, -0.15) is 0 Å². The maximum Gasteiger partial charge on any atom is 0.273 e. The van der Waals surface area contributed by atoms with E-state index in [1.807, 2.05) is 9.47 Å². The molecular formula is C11H13N7O2. The molecule has 2 heterocycles. The average molecular weight is 275 g/mol. The molecule has 104 valence electrons. The first-order valence-electron chi connectivity index (χ1n) is 6.05. The molecule has 0 spiro atoms. The van der Waals surface area contributed by atoms with E-state index in [0.29, 0.717) is 12.2 Å². The Morgan fingerprint density at radius 3 is 2.95 bits per heavy atom. The van der Waals surface area contributed by atoms with Crippen molar-refractivity contribution in [1.82, 2.24) is 14.8 Å². The molecular weight excluding hydrogens is 262 g/mol. The van der Waals surface area contributed by atoms with Crippen LogP contribution in [0, 0.1) is 10.1 Å². The number of non-ortho nitro benzene ring substituents is 1. The highest BCUT2D eigenvalue weighted by atomic mass is 16.6. The van der Waals surface area contributed by atoms with E-state index in [0.717, 1.165) is 24.6 Å². The van der Waals surface area contributed by atoms with Crippen molar-refractivity contribution in [1.29, 1.82) is 0 Å². The molecule has 1 aliphatic heterocycles. The third-order valence-electron chi connectivity index (χ3n) is 3.28. The van der Waals surface area contributed by atoms with Crippen LogP contribution in [0.4, 0.5) is 17.1 Å². The minimum atomic E-state index is -0.434. The number of benzene rings is 1. The molecule has 9 heteroatoms. The first-order valence-corrected chi connectivity index (χ1v) is 6.05. The largest absolute Gasteiger partial charge is 0.362 e. The van der Waals surface area contributed by atoms with Gasteiger partial charge in [-0.1, -0.05) is 0 Å². The van der Waals surface area contributed by atoms with E-state index in [-0.39, 0.29) is 5.69 Å². The molecule has 0 radical (unpaired) electrons. The Kier molecular flexibility index (Phi) is 2.95. The smallest absolute Gasteiger partial charge is 0.273 e. The molecule has 0 amide bonds. The van der Waals surface area contributed by atoms with Crippen molar-refractivity contribution < 1.29 is 4.92 Å². The summed E-state index contributed by atoms with van der Waals surface area (Å²) in [4.78, 5) is 12.5. The van der Waals surface area contributed by atoms with Gasteiger partial charge in [0.1, 0.15) is 6.33 Å². The summed E-state index contributed by atoms with van der Waals surface area (Å²) in [5.74, 6) is 6.20. The summed E-state index contributed by atoms with van der Waals surface area (Å²) in [5, 5.41) is 18.8. The van der Waals surface area contributed by atoms with Gasteiger partial charge in [-0.3, -0.25) is 16.0 Å². The number of nitro groups is 1. The second kappa shape index (κ2) is 4.78. The molecule has 3 N–H and O–H groups in total. The minimum Gasteiger partial charge on any atom is -0.362 e. The minimum absolute atomic E-state index is 0.00231. The number of nitro benzene ring substituents is 1. The summed E-state index contributed by atoms with van der Waals surface area (Å²) in [5.41, 5.74) is 3.69. The van der Waals surface area contributed by atoms with E-state index >= 15 is 0 Å². The number of nitrogens with two attached hydrogens (primary N) is 1. The molecule has 0 fully saturated rings. The van der Waals surface area contributed by atoms with Crippen molar-refractivity contribution in [3.05, 3.63) is 40.5 Å². The van der Waals surface area contributed by atoms with Crippen LogP contribution in [-0.2, 0) is 13.1 Å². The van der Waals surface area contributed by atoms with Crippen LogP contribution in [0.1, 0.15) is 5.82 Å². The van der Waals surface area contributed by atoms with Gasteiger partial charge in [0.15, 0.2) is 5.82 Å².